The van der Waals surface area contributed by atoms with E-state index in [0.717, 1.165) is 4.43 Å². The van der Waals surface area contributed by atoms with Crippen molar-refractivity contribution in [3.63, 3.8) is 0 Å². The molecule has 0 saturated heterocycles. The monoisotopic (exact) mass is 215 g/mol. The van der Waals surface area contributed by atoms with Gasteiger partial charge in [0.1, 0.15) is 6.61 Å². The summed E-state index contributed by atoms with van der Waals surface area (Å²) in [6, 6.07) is 0. The first-order valence-electron chi connectivity index (χ1n) is 1.75. The molecular formula is C3H6INO2. The number of hydrogen-bond acceptors (Lipinski definition) is 2. The summed E-state index contributed by atoms with van der Waals surface area (Å²) in [6.07, 6.45) is -0.698. The van der Waals surface area contributed by atoms with E-state index in [0.29, 0.717) is 6.61 Å². The van der Waals surface area contributed by atoms with Crippen LogP contribution in [0, 0.1) is 0 Å². The molecule has 2 N–H and O–H groups in total. The van der Waals surface area contributed by atoms with Gasteiger partial charge in [0, 0.05) is 4.43 Å². The minimum absolute atomic E-state index is 0.413. The summed E-state index contributed by atoms with van der Waals surface area (Å²) in [4.78, 5) is 9.75. The zero-order valence-electron chi connectivity index (χ0n) is 3.69. The average Bonchev–Trinajstić information content (AvgIpc) is 1.61. The lowest BCUT2D eigenvalue weighted by atomic mass is 10.9. The molecule has 42 valence electrons. The second-order valence-corrected chi connectivity index (χ2v) is 1.94. The van der Waals surface area contributed by atoms with E-state index in [9.17, 15) is 4.79 Å². The third-order valence-corrected chi connectivity index (χ3v) is 0.762. The summed E-state index contributed by atoms with van der Waals surface area (Å²) >= 11 is 2.09. The van der Waals surface area contributed by atoms with Crippen LogP contribution < -0.4 is 5.73 Å². The maximum atomic E-state index is 9.75. The molecule has 7 heavy (non-hydrogen) atoms. The fourth-order valence-corrected chi connectivity index (χ4v) is 0.359. The van der Waals surface area contributed by atoms with E-state index in [1.54, 1.807) is 0 Å². The summed E-state index contributed by atoms with van der Waals surface area (Å²) in [5, 5.41) is 0. The second-order valence-electron chi connectivity index (χ2n) is 0.856. The molecule has 1 amide bonds. The van der Waals surface area contributed by atoms with Crippen LogP contribution in [-0.4, -0.2) is 17.1 Å². The van der Waals surface area contributed by atoms with Crippen LogP contribution in [-0.2, 0) is 4.74 Å². The van der Waals surface area contributed by atoms with Crippen LogP contribution in [0.4, 0.5) is 4.79 Å². The van der Waals surface area contributed by atoms with Crippen LogP contribution in [0.2, 0.25) is 0 Å². The number of nitrogens with two attached hydrogens (primary N) is 1. The Kier molecular flexibility index (Phi) is 4.17. The van der Waals surface area contributed by atoms with E-state index in [-0.39, 0.29) is 0 Å². The molecular weight excluding hydrogens is 209 g/mol. The Balaban J connectivity index is 2.82. The van der Waals surface area contributed by atoms with E-state index < -0.39 is 6.09 Å². The molecule has 0 aromatic heterocycles. The fourth-order valence-electron chi connectivity index (χ4n) is 0.139. The van der Waals surface area contributed by atoms with Gasteiger partial charge in [-0.05, 0) is 0 Å². The average molecular weight is 215 g/mol. The zero-order valence-corrected chi connectivity index (χ0v) is 5.84. The number of carbonyl (C=O) groups is 1. The molecule has 0 aliphatic carbocycles. The molecule has 3 nitrogen and oxygen atoms in total. The van der Waals surface area contributed by atoms with E-state index in [2.05, 4.69) is 33.1 Å². The first-order valence-corrected chi connectivity index (χ1v) is 3.28. The molecule has 0 saturated carbocycles. The van der Waals surface area contributed by atoms with Gasteiger partial charge in [-0.3, -0.25) is 0 Å². The standard InChI is InChI=1S/C3H6INO2/c4-1-2-7-3(5)6/h1-2H2,(H2,5,6). The predicted molar refractivity (Wildman–Crippen MR) is 34.4 cm³/mol. The molecule has 0 fully saturated rings. The molecule has 0 aromatic rings. The molecule has 0 unspecified atom stereocenters. The quantitative estimate of drug-likeness (QED) is 0.539. The largest absolute Gasteiger partial charge is 0.449 e. The first-order chi connectivity index (χ1) is 3.27. The minimum Gasteiger partial charge on any atom is -0.449 e. The highest BCUT2D eigenvalue weighted by Gasteiger charge is 1.87. The normalized spacial score (nSPS) is 8.14. The van der Waals surface area contributed by atoms with Crippen molar-refractivity contribution in [3.8, 4) is 0 Å². The third kappa shape index (κ3) is 6.00. The number of hydrogen-bond donors (Lipinski definition) is 1. The van der Waals surface area contributed by atoms with E-state index >= 15 is 0 Å². The number of amides is 1. The zero-order chi connectivity index (χ0) is 5.70. The summed E-state index contributed by atoms with van der Waals surface area (Å²) < 4.78 is 5.11. The van der Waals surface area contributed by atoms with Crippen molar-refractivity contribution >= 4 is 28.7 Å². The fraction of sp³-hybridized carbons (Fsp3) is 0.667. The van der Waals surface area contributed by atoms with Gasteiger partial charge in [0.25, 0.3) is 0 Å². The molecule has 0 aliphatic rings. The van der Waals surface area contributed by atoms with Crippen molar-refractivity contribution in [1.29, 1.82) is 0 Å². The summed E-state index contributed by atoms with van der Waals surface area (Å²) in [5.41, 5.74) is 4.61. The highest BCUT2D eigenvalue weighted by atomic mass is 127. The number of ether oxygens (including phenoxy) is 1. The van der Waals surface area contributed by atoms with Crippen molar-refractivity contribution in [1.82, 2.24) is 0 Å². The Morgan fingerprint density at radius 1 is 1.86 bits per heavy atom. The van der Waals surface area contributed by atoms with Crippen molar-refractivity contribution in [2.75, 3.05) is 11.0 Å². The summed E-state index contributed by atoms with van der Waals surface area (Å²) in [6.45, 7) is 0.413. The van der Waals surface area contributed by atoms with Gasteiger partial charge < -0.3 is 10.5 Å². The maximum Gasteiger partial charge on any atom is 0.404 e. The number of carbonyl (C=O) groups excluding carboxylic acids is 1. The van der Waals surface area contributed by atoms with Crippen molar-refractivity contribution in [2.24, 2.45) is 5.73 Å². The first kappa shape index (κ1) is 7.00. The van der Waals surface area contributed by atoms with Gasteiger partial charge in [0.15, 0.2) is 0 Å². The number of primary amides is 1. The Morgan fingerprint density at radius 3 is 2.57 bits per heavy atom. The number of alkyl halides is 1. The molecule has 0 aliphatic heterocycles. The lowest BCUT2D eigenvalue weighted by Gasteiger charge is -1.92. The second kappa shape index (κ2) is 4.17. The van der Waals surface area contributed by atoms with Gasteiger partial charge in [0.05, 0.1) is 0 Å². The SMILES string of the molecule is NC(=O)OCCI. The number of halogens is 1. The van der Waals surface area contributed by atoms with Gasteiger partial charge >= 0.3 is 6.09 Å². The maximum absolute atomic E-state index is 9.75. The van der Waals surface area contributed by atoms with Crippen LogP contribution in [0.1, 0.15) is 0 Å². The summed E-state index contributed by atoms with van der Waals surface area (Å²) in [5.74, 6) is 0. The van der Waals surface area contributed by atoms with Gasteiger partial charge in [-0.2, -0.15) is 0 Å². The lowest BCUT2D eigenvalue weighted by molar-refractivity contribution is 0.165. The smallest absolute Gasteiger partial charge is 0.404 e. The van der Waals surface area contributed by atoms with Crippen LogP contribution >= 0.6 is 22.6 Å². The Morgan fingerprint density at radius 2 is 2.43 bits per heavy atom. The van der Waals surface area contributed by atoms with Crippen molar-refractivity contribution < 1.29 is 9.53 Å². The summed E-state index contributed by atoms with van der Waals surface area (Å²) in [7, 11) is 0. The highest BCUT2D eigenvalue weighted by Crippen LogP contribution is 1.80. The molecule has 0 radical (unpaired) electrons. The van der Waals surface area contributed by atoms with Gasteiger partial charge in [-0.1, -0.05) is 22.6 Å². The van der Waals surface area contributed by atoms with Gasteiger partial charge in [0.2, 0.25) is 0 Å². The number of rotatable bonds is 2. The Hall–Kier alpha value is 0. The third-order valence-electron chi connectivity index (χ3n) is 0.321. The van der Waals surface area contributed by atoms with Crippen LogP contribution in [0.5, 0.6) is 0 Å². The molecule has 0 heterocycles. The van der Waals surface area contributed by atoms with Crippen molar-refractivity contribution in [2.45, 2.75) is 0 Å². The van der Waals surface area contributed by atoms with Crippen LogP contribution in [0.15, 0.2) is 0 Å². The molecule has 0 aromatic carbocycles. The van der Waals surface area contributed by atoms with Crippen LogP contribution in [0.25, 0.3) is 0 Å². The van der Waals surface area contributed by atoms with Gasteiger partial charge in [-0.25, -0.2) is 4.79 Å². The predicted octanol–water partition coefficient (Wildman–Crippen LogP) is 0.517. The molecule has 4 heteroatoms. The Labute approximate surface area is 55.3 Å². The lowest BCUT2D eigenvalue weighted by Crippen LogP contribution is -2.13. The van der Waals surface area contributed by atoms with E-state index in [1.807, 2.05) is 0 Å². The van der Waals surface area contributed by atoms with Crippen LogP contribution in [0.3, 0.4) is 0 Å². The van der Waals surface area contributed by atoms with Crippen molar-refractivity contribution in [3.05, 3.63) is 0 Å². The Bertz CT molecular complexity index is 66.0. The highest BCUT2D eigenvalue weighted by molar-refractivity contribution is 14.1. The molecule has 0 bridgehead atoms. The molecule has 0 atom stereocenters. The molecule has 0 spiro atoms. The topological polar surface area (TPSA) is 52.3 Å². The van der Waals surface area contributed by atoms with E-state index in [1.165, 1.54) is 0 Å². The minimum atomic E-state index is -0.698. The van der Waals surface area contributed by atoms with Gasteiger partial charge in [-0.15, -0.1) is 0 Å². The van der Waals surface area contributed by atoms with E-state index in [4.69, 9.17) is 0 Å². The molecule has 0 rings (SSSR count).